The third-order valence-corrected chi connectivity index (χ3v) is 4.30. The van der Waals surface area contributed by atoms with Crippen LogP contribution in [0, 0.1) is 5.92 Å². The standard InChI is InChI=1S/C15H18N2O3/c1-9-6-7-16-13(9)14(18)17-11-5-3-2-4-10(11)8-12(17)15(19)20/h2-5,9,12-13,16H,6-8H2,1H3,(H,19,20)/t9?,12-,13?/m0/s1. The number of carbonyl (C=O) groups excluding carboxylic acids is 1. The largest absolute Gasteiger partial charge is 0.480 e. The summed E-state index contributed by atoms with van der Waals surface area (Å²) in [4.78, 5) is 25.7. The molecule has 5 nitrogen and oxygen atoms in total. The van der Waals surface area contributed by atoms with E-state index >= 15 is 0 Å². The lowest BCUT2D eigenvalue weighted by molar-refractivity contribution is -0.140. The molecule has 20 heavy (non-hydrogen) atoms. The van der Waals surface area contributed by atoms with Gasteiger partial charge in [0.05, 0.1) is 6.04 Å². The van der Waals surface area contributed by atoms with Crippen molar-refractivity contribution in [3.05, 3.63) is 29.8 Å². The molecule has 0 aliphatic carbocycles. The van der Waals surface area contributed by atoms with Gasteiger partial charge in [0.1, 0.15) is 6.04 Å². The number of carboxylic acid groups (broad SMARTS) is 1. The van der Waals surface area contributed by atoms with Crippen molar-refractivity contribution in [2.24, 2.45) is 5.92 Å². The number of amides is 1. The highest BCUT2D eigenvalue weighted by Gasteiger charge is 2.42. The van der Waals surface area contributed by atoms with Crippen LogP contribution in [-0.4, -0.2) is 35.6 Å². The van der Waals surface area contributed by atoms with Crippen molar-refractivity contribution >= 4 is 17.6 Å². The van der Waals surface area contributed by atoms with Crippen LogP contribution in [-0.2, 0) is 16.0 Å². The molecule has 106 valence electrons. The van der Waals surface area contributed by atoms with Gasteiger partial charge in [0.15, 0.2) is 0 Å². The maximum atomic E-state index is 12.7. The number of hydrogen-bond donors (Lipinski definition) is 2. The van der Waals surface area contributed by atoms with Crippen molar-refractivity contribution in [2.75, 3.05) is 11.4 Å². The zero-order chi connectivity index (χ0) is 14.3. The lowest BCUT2D eigenvalue weighted by Crippen LogP contribution is -2.51. The number of benzene rings is 1. The Kier molecular flexibility index (Phi) is 3.22. The van der Waals surface area contributed by atoms with Crippen LogP contribution in [0.25, 0.3) is 0 Å². The third kappa shape index (κ3) is 1.98. The summed E-state index contributed by atoms with van der Waals surface area (Å²) in [5.74, 6) is -0.822. The van der Waals surface area contributed by atoms with E-state index in [-0.39, 0.29) is 17.9 Å². The summed E-state index contributed by atoms with van der Waals surface area (Å²) in [6.07, 6.45) is 1.34. The third-order valence-electron chi connectivity index (χ3n) is 4.30. The van der Waals surface area contributed by atoms with Gasteiger partial charge in [0.25, 0.3) is 0 Å². The predicted molar refractivity (Wildman–Crippen MR) is 74.6 cm³/mol. The van der Waals surface area contributed by atoms with E-state index in [0.717, 1.165) is 24.2 Å². The van der Waals surface area contributed by atoms with Crippen LogP contribution in [0.2, 0.25) is 0 Å². The van der Waals surface area contributed by atoms with Crippen molar-refractivity contribution in [3.8, 4) is 0 Å². The Balaban J connectivity index is 1.96. The molecule has 1 aromatic rings. The predicted octanol–water partition coefficient (Wildman–Crippen LogP) is 1.03. The summed E-state index contributed by atoms with van der Waals surface area (Å²) in [5.41, 5.74) is 1.67. The van der Waals surface area contributed by atoms with Crippen molar-refractivity contribution in [1.82, 2.24) is 5.32 Å². The first-order valence-corrected chi connectivity index (χ1v) is 6.96. The molecule has 1 amide bonds. The van der Waals surface area contributed by atoms with Gasteiger partial charge in [-0.1, -0.05) is 25.1 Å². The van der Waals surface area contributed by atoms with E-state index in [9.17, 15) is 14.7 Å². The zero-order valence-corrected chi connectivity index (χ0v) is 11.4. The molecule has 1 fully saturated rings. The Morgan fingerprint density at radius 3 is 2.75 bits per heavy atom. The second-order valence-electron chi connectivity index (χ2n) is 5.59. The Morgan fingerprint density at radius 1 is 1.35 bits per heavy atom. The lowest BCUT2D eigenvalue weighted by Gasteiger charge is -2.27. The number of fused-ring (bicyclic) bond motifs is 1. The zero-order valence-electron chi connectivity index (χ0n) is 11.4. The summed E-state index contributed by atoms with van der Waals surface area (Å²) in [6, 6.07) is 6.38. The van der Waals surface area contributed by atoms with E-state index in [2.05, 4.69) is 5.32 Å². The molecule has 1 aromatic carbocycles. The fraction of sp³-hybridized carbons (Fsp3) is 0.467. The molecule has 2 aliphatic heterocycles. The molecule has 3 atom stereocenters. The summed E-state index contributed by atoms with van der Waals surface area (Å²) in [7, 11) is 0. The molecule has 0 radical (unpaired) electrons. The molecule has 2 unspecified atom stereocenters. The van der Waals surface area contributed by atoms with Crippen LogP contribution < -0.4 is 10.2 Å². The normalized spacial score (nSPS) is 28.4. The molecule has 3 rings (SSSR count). The summed E-state index contributed by atoms with van der Waals surface area (Å²) in [5, 5.41) is 12.6. The first kappa shape index (κ1) is 13.1. The SMILES string of the molecule is CC1CCNC1C(=O)N1c2ccccc2C[C@H]1C(=O)O. The van der Waals surface area contributed by atoms with Crippen LogP contribution in [0.5, 0.6) is 0 Å². The van der Waals surface area contributed by atoms with E-state index in [4.69, 9.17) is 0 Å². The highest BCUT2D eigenvalue weighted by molar-refractivity contribution is 6.04. The topological polar surface area (TPSA) is 69.6 Å². The molecule has 2 N–H and O–H groups in total. The first-order valence-electron chi connectivity index (χ1n) is 6.96. The highest BCUT2D eigenvalue weighted by Crippen LogP contribution is 2.34. The minimum atomic E-state index is -0.944. The van der Waals surface area contributed by atoms with Crippen molar-refractivity contribution in [1.29, 1.82) is 0 Å². The number of nitrogens with one attached hydrogen (secondary N) is 1. The van der Waals surface area contributed by atoms with Gasteiger partial charge in [-0.15, -0.1) is 0 Å². The number of hydrogen-bond acceptors (Lipinski definition) is 3. The number of anilines is 1. The number of carbonyl (C=O) groups is 2. The summed E-state index contributed by atoms with van der Waals surface area (Å²) >= 11 is 0. The monoisotopic (exact) mass is 274 g/mol. The average molecular weight is 274 g/mol. The van der Waals surface area contributed by atoms with E-state index in [1.54, 1.807) is 0 Å². The Labute approximate surface area is 117 Å². The fourth-order valence-corrected chi connectivity index (χ4v) is 3.17. The van der Waals surface area contributed by atoms with Gasteiger partial charge in [0, 0.05) is 12.1 Å². The molecule has 0 saturated carbocycles. The van der Waals surface area contributed by atoms with Gasteiger partial charge in [-0.2, -0.15) is 0 Å². The highest BCUT2D eigenvalue weighted by atomic mass is 16.4. The first-order chi connectivity index (χ1) is 9.59. The Bertz CT molecular complexity index is 558. The van der Waals surface area contributed by atoms with Gasteiger partial charge in [-0.3, -0.25) is 9.69 Å². The fourth-order valence-electron chi connectivity index (χ4n) is 3.17. The Morgan fingerprint density at radius 2 is 2.10 bits per heavy atom. The van der Waals surface area contributed by atoms with Crippen molar-refractivity contribution < 1.29 is 14.7 Å². The minimum Gasteiger partial charge on any atom is -0.480 e. The van der Waals surface area contributed by atoms with Crippen molar-refractivity contribution in [3.63, 3.8) is 0 Å². The van der Waals surface area contributed by atoms with E-state index in [1.165, 1.54) is 4.90 Å². The number of nitrogens with zero attached hydrogens (tertiary/aromatic N) is 1. The van der Waals surface area contributed by atoms with Crippen LogP contribution in [0.3, 0.4) is 0 Å². The average Bonchev–Trinajstić information content (AvgIpc) is 3.01. The summed E-state index contributed by atoms with van der Waals surface area (Å²) in [6.45, 7) is 2.84. The van der Waals surface area contributed by atoms with Crippen molar-refractivity contribution in [2.45, 2.75) is 31.8 Å². The lowest BCUT2D eigenvalue weighted by atomic mass is 10.0. The van der Waals surface area contributed by atoms with Gasteiger partial charge >= 0.3 is 5.97 Å². The van der Waals surface area contributed by atoms with Crippen LogP contribution in [0.4, 0.5) is 5.69 Å². The summed E-state index contributed by atoms with van der Waals surface area (Å²) < 4.78 is 0. The number of para-hydroxylation sites is 1. The van der Waals surface area contributed by atoms with Gasteiger partial charge < -0.3 is 10.4 Å². The molecule has 0 spiro atoms. The Hall–Kier alpha value is -1.88. The second-order valence-corrected chi connectivity index (χ2v) is 5.59. The van der Waals surface area contributed by atoms with E-state index < -0.39 is 12.0 Å². The van der Waals surface area contributed by atoms with E-state index in [1.807, 2.05) is 31.2 Å². The molecular weight excluding hydrogens is 256 g/mol. The van der Waals surface area contributed by atoms with Gasteiger partial charge in [-0.25, -0.2) is 4.79 Å². The van der Waals surface area contributed by atoms with E-state index in [0.29, 0.717) is 6.42 Å². The maximum absolute atomic E-state index is 12.7. The quantitative estimate of drug-likeness (QED) is 0.845. The van der Waals surface area contributed by atoms with Gasteiger partial charge in [0.2, 0.25) is 5.91 Å². The molecule has 2 aliphatic rings. The second kappa shape index (κ2) is 4.90. The van der Waals surface area contributed by atoms with Crippen LogP contribution >= 0.6 is 0 Å². The minimum absolute atomic E-state index is 0.118. The molecular formula is C15H18N2O3. The van der Waals surface area contributed by atoms with Crippen LogP contribution in [0.15, 0.2) is 24.3 Å². The molecule has 0 bridgehead atoms. The molecule has 2 heterocycles. The van der Waals surface area contributed by atoms with Gasteiger partial charge in [-0.05, 0) is 30.5 Å². The number of carboxylic acids is 1. The molecule has 1 saturated heterocycles. The number of aliphatic carboxylic acids is 1. The smallest absolute Gasteiger partial charge is 0.327 e. The molecule has 5 heteroatoms. The maximum Gasteiger partial charge on any atom is 0.327 e. The molecule has 0 aromatic heterocycles. The number of rotatable bonds is 2. The van der Waals surface area contributed by atoms with Crippen LogP contribution in [0.1, 0.15) is 18.9 Å².